The van der Waals surface area contributed by atoms with Crippen LogP contribution in [0.3, 0.4) is 0 Å². The van der Waals surface area contributed by atoms with Crippen LogP contribution in [0.1, 0.15) is 30.7 Å². The largest absolute Gasteiger partial charge is 0.322 e. The predicted octanol–water partition coefficient (Wildman–Crippen LogP) is 6.38. The van der Waals surface area contributed by atoms with Crippen molar-refractivity contribution in [2.24, 2.45) is 0 Å². The number of hydrogen-bond donors (Lipinski definition) is 1. The van der Waals surface area contributed by atoms with E-state index in [4.69, 9.17) is 5.10 Å². The number of rotatable bonds is 6. The van der Waals surface area contributed by atoms with Crippen molar-refractivity contribution in [1.82, 2.24) is 24.5 Å². The van der Waals surface area contributed by atoms with Gasteiger partial charge in [0.25, 0.3) is 0 Å². The third-order valence-corrected chi connectivity index (χ3v) is 7.39. The molecule has 0 aliphatic carbocycles. The number of aryl methyl sites for hydroxylation is 1. The topological polar surface area (TPSA) is 77.6 Å². The molecular formula is C29H25FN6OS. The summed E-state index contributed by atoms with van der Waals surface area (Å²) in [5.41, 5.74) is 3.36. The van der Waals surface area contributed by atoms with E-state index in [1.54, 1.807) is 34.2 Å². The lowest BCUT2D eigenvalue weighted by molar-refractivity contribution is -0.111. The number of nitrogens with one attached hydrogen (secondary N) is 1. The molecule has 5 aromatic rings. The van der Waals surface area contributed by atoms with E-state index in [-0.39, 0.29) is 5.91 Å². The lowest BCUT2D eigenvalue weighted by Gasteiger charge is -2.10. The van der Waals surface area contributed by atoms with E-state index in [0.29, 0.717) is 17.1 Å². The summed E-state index contributed by atoms with van der Waals surface area (Å²) in [6.45, 7) is 0.764. The van der Waals surface area contributed by atoms with Gasteiger partial charge in [-0.25, -0.2) is 9.07 Å². The number of benzene rings is 2. The summed E-state index contributed by atoms with van der Waals surface area (Å²) in [5, 5.41) is 18.2. The average Bonchev–Trinajstić information content (AvgIpc) is 3.67. The Balaban J connectivity index is 1.25. The van der Waals surface area contributed by atoms with Crippen LogP contribution in [0.4, 0.5) is 10.1 Å². The molecule has 0 fully saturated rings. The monoisotopic (exact) mass is 524 g/mol. The van der Waals surface area contributed by atoms with Crippen LogP contribution >= 0.6 is 11.3 Å². The number of anilines is 1. The van der Waals surface area contributed by atoms with E-state index in [2.05, 4.69) is 15.5 Å². The summed E-state index contributed by atoms with van der Waals surface area (Å²) in [6, 6.07) is 18.3. The molecule has 4 heterocycles. The van der Waals surface area contributed by atoms with Crippen LogP contribution in [0.25, 0.3) is 33.7 Å². The Bertz CT molecular complexity index is 1600. The predicted molar refractivity (Wildman–Crippen MR) is 148 cm³/mol. The molecule has 9 heteroatoms. The third kappa shape index (κ3) is 4.92. The molecule has 1 aliphatic heterocycles. The van der Waals surface area contributed by atoms with Gasteiger partial charge in [-0.05, 0) is 60.7 Å². The molecule has 0 spiro atoms. The number of fused-ring (bicyclic) bond motifs is 1. The van der Waals surface area contributed by atoms with Crippen molar-refractivity contribution < 1.29 is 9.18 Å². The second-order valence-electron chi connectivity index (χ2n) is 9.11. The van der Waals surface area contributed by atoms with Crippen LogP contribution in [0.2, 0.25) is 0 Å². The Morgan fingerprint density at radius 1 is 1.03 bits per heavy atom. The number of nitrogens with zero attached hydrogens (tertiary/aromatic N) is 5. The van der Waals surface area contributed by atoms with Gasteiger partial charge in [0.1, 0.15) is 17.3 Å². The van der Waals surface area contributed by atoms with Gasteiger partial charge in [-0.1, -0.05) is 30.7 Å². The lowest BCUT2D eigenvalue weighted by Crippen LogP contribution is -2.09. The van der Waals surface area contributed by atoms with Gasteiger partial charge >= 0.3 is 0 Å². The normalized spacial score (nSPS) is 13.4. The Kier molecular flexibility index (Phi) is 6.66. The number of amides is 1. The second kappa shape index (κ2) is 10.5. The van der Waals surface area contributed by atoms with Gasteiger partial charge in [0.05, 0.1) is 16.1 Å². The molecule has 0 bridgehead atoms. The molecule has 0 radical (unpaired) electrons. The average molecular weight is 525 g/mol. The second-order valence-corrected chi connectivity index (χ2v) is 10.1. The van der Waals surface area contributed by atoms with Gasteiger partial charge in [-0.15, -0.1) is 21.5 Å². The van der Waals surface area contributed by atoms with E-state index in [1.165, 1.54) is 12.1 Å². The Morgan fingerprint density at radius 3 is 2.76 bits per heavy atom. The summed E-state index contributed by atoms with van der Waals surface area (Å²) < 4.78 is 18.6. The van der Waals surface area contributed by atoms with Gasteiger partial charge in [0.15, 0.2) is 5.82 Å². The number of halogens is 1. The van der Waals surface area contributed by atoms with Crippen LogP contribution in [-0.2, 0) is 17.8 Å². The molecule has 0 saturated heterocycles. The van der Waals surface area contributed by atoms with Crippen LogP contribution in [0, 0.1) is 5.82 Å². The first-order chi connectivity index (χ1) is 18.7. The first-order valence-corrected chi connectivity index (χ1v) is 13.4. The number of aromatic nitrogens is 5. The molecule has 6 rings (SSSR count). The van der Waals surface area contributed by atoms with Crippen LogP contribution < -0.4 is 5.32 Å². The minimum Gasteiger partial charge on any atom is -0.322 e. The molecular weight excluding hydrogens is 499 g/mol. The fourth-order valence-corrected chi connectivity index (χ4v) is 5.37. The molecule has 1 amide bonds. The van der Waals surface area contributed by atoms with E-state index in [1.807, 2.05) is 58.6 Å². The first-order valence-electron chi connectivity index (χ1n) is 12.6. The van der Waals surface area contributed by atoms with Crippen molar-refractivity contribution in [1.29, 1.82) is 0 Å². The Hall–Kier alpha value is -4.37. The molecule has 7 nitrogen and oxygen atoms in total. The van der Waals surface area contributed by atoms with E-state index >= 15 is 0 Å². The zero-order valence-corrected chi connectivity index (χ0v) is 21.4. The number of para-hydroxylation sites is 1. The van der Waals surface area contributed by atoms with Crippen LogP contribution in [-0.4, -0.2) is 30.5 Å². The van der Waals surface area contributed by atoms with Gasteiger partial charge in [-0.3, -0.25) is 4.79 Å². The van der Waals surface area contributed by atoms with Gasteiger partial charge < -0.3 is 9.88 Å². The van der Waals surface area contributed by atoms with Gasteiger partial charge in [0.2, 0.25) is 5.91 Å². The fraction of sp³-hybridized carbons (Fsp3) is 0.172. The molecule has 1 aliphatic rings. The highest BCUT2D eigenvalue weighted by Crippen LogP contribution is 2.30. The number of carbonyl (C=O) groups is 1. The van der Waals surface area contributed by atoms with Crippen molar-refractivity contribution in [3.63, 3.8) is 0 Å². The molecule has 3 aromatic heterocycles. The Morgan fingerprint density at radius 2 is 1.92 bits per heavy atom. The standard InChI is InChI=1S/C29H25FN6OS/c30-24-14-13-21(18-23(24)29-33-32-26-11-5-2-6-16-35(26)29)31-27(37)15-12-20-19-36(22-8-3-1-4-9-22)34-28(20)25-10-7-17-38-25/h1,3-4,7-10,12-15,17-19H,2,5-6,11,16H2,(H,31,37)/b15-12+. The zero-order chi connectivity index (χ0) is 25.9. The maximum Gasteiger partial charge on any atom is 0.248 e. The highest BCUT2D eigenvalue weighted by molar-refractivity contribution is 7.13. The molecule has 38 heavy (non-hydrogen) atoms. The molecule has 190 valence electrons. The fourth-order valence-electron chi connectivity index (χ4n) is 4.64. The Labute approximate surface area is 223 Å². The number of hydrogen-bond acceptors (Lipinski definition) is 5. The molecule has 2 aromatic carbocycles. The van der Waals surface area contributed by atoms with Crippen molar-refractivity contribution >= 4 is 29.0 Å². The zero-order valence-electron chi connectivity index (χ0n) is 20.5. The maximum absolute atomic E-state index is 14.8. The first kappa shape index (κ1) is 24.0. The highest BCUT2D eigenvalue weighted by atomic mass is 32.1. The summed E-state index contributed by atoms with van der Waals surface area (Å²) in [6.07, 6.45) is 9.14. The maximum atomic E-state index is 14.8. The molecule has 0 saturated carbocycles. The van der Waals surface area contributed by atoms with E-state index < -0.39 is 5.82 Å². The summed E-state index contributed by atoms with van der Waals surface area (Å²) in [5.74, 6) is 0.658. The minimum atomic E-state index is -0.396. The minimum absolute atomic E-state index is 0.327. The van der Waals surface area contributed by atoms with Gasteiger partial charge in [0, 0.05) is 36.5 Å². The van der Waals surface area contributed by atoms with Crippen molar-refractivity contribution in [3.8, 4) is 27.6 Å². The molecule has 1 N–H and O–H groups in total. The van der Waals surface area contributed by atoms with Crippen molar-refractivity contribution in [2.45, 2.75) is 32.2 Å². The molecule has 0 atom stereocenters. The summed E-state index contributed by atoms with van der Waals surface area (Å²) in [4.78, 5) is 13.9. The van der Waals surface area contributed by atoms with Crippen molar-refractivity contribution in [3.05, 3.63) is 95.5 Å². The number of thiophene rings is 1. The highest BCUT2D eigenvalue weighted by Gasteiger charge is 2.19. The third-order valence-electron chi connectivity index (χ3n) is 6.52. The van der Waals surface area contributed by atoms with Gasteiger partial charge in [-0.2, -0.15) is 5.10 Å². The number of carbonyl (C=O) groups excluding carboxylic acids is 1. The van der Waals surface area contributed by atoms with Crippen LogP contribution in [0.15, 0.2) is 78.3 Å². The van der Waals surface area contributed by atoms with Crippen LogP contribution in [0.5, 0.6) is 0 Å². The van der Waals surface area contributed by atoms with E-state index in [0.717, 1.165) is 59.9 Å². The smallest absolute Gasteiger partial charge is 0.248 e. The molecule has 0 unspecified atom stereocenters. The SMILES string of the molecule is O=C(/C=C/c1cn(-c2ccccc2)nc1-c1cccs1)Nc1ccc(F)c(-c2nnc3n2CCCCC3)c1. The summed E-state index contributed by atoms with van der Waals surface area (Å²) >= 11 is 1.59. The quantitative estimate of drug-likeness (QED) is 0.262. The van der Waals surface area contributed by atoms with E-state index in [9.17, 15) is 9.18 Å². The lowest BCUT2D eigenvalue weighted by atomic mass is 10.1. The van der Waals surface area contributed by atoms with Crippen molar-refractivity contribution in [2.75, 3.05) is 5.32 Å². The summed E-state index contributed by atoms with van der Waals surface area (Å²) in [7, 11) is 0.